The second-order valence-electron chi connectivity index (χ2n) is 5.19. The minimum Gasteiger partial charge on any atom is -0.427 e. The maximum atomic E-state index is 11.8. The van der Waals surface area contributed by atoms with E-state index in [1.165, 1.54) is 0 Å². The molecule has 0 fully saturated rings. The second-order valence-corrected chi connectivity index (χ2v) is 5.19. The molecule has 2 aromatic carbocycles. The molecule has 0 unspecified atom stereocenters. The van der Waals surface area contributed by atoms with Gasteiger partial charge in [0.05, 0.1) is 0 Å². The maximum absolute atomic E-state index is 11.8. The fourth-order valence-electron chi connectivity index (χ4n) is 2.07. The highest BCUT2D eigenvalue weighted by Crippen LogP contribution is 2.21. The van der Waals surface area contributed by atoms with Gasteiger partial charge in [0.1, 0.15) is 5.75 Å². The normalized spacial score (nSPS) is 9.43. The van der Waals surface area contributed by atoms with Gasteiger partial charge >= 0.3 is 5.97 Å². The summed E-state index contributed by atoms with van der Waals surface area (Å²) in [7, 11) is 0. The number of ether oxygens (including phenoxy) is 1. The number of carbonyl (C=O) groups is 1. The minimum absolute atomic E-state index is 0.223. The molecule has 0 aliphatic heterocycles. The van der Waals surface area contributed by atoms with Crippen LogP contribution in [0.2, 0.25) is 0 Å². The molecule has 0 saturated heterocycles. The third kappa shape index (κ3) is 5.89. The van der Waals surface area contributed by atoms with Crippen LogP contribution in [0.3, 0.4) is 0 Å². The summed E-state index contributed by atoms with van der Waals surface area (Å²) in [6, 6.07) is 13.7. The molecular formula is C21H20O2. The number of rotatable bonds is 5. The van der Waals surface area contributed by atoms with Gasteiger partial charge in [-0.1, -0.05) is 49.1 Å². The number of carbonyl (C=O) groups excluding carboxylic acids is 1. The van der Waals surface area contributed by atoms with Crippen LogP contribution < -0.4 is 4.74 Å². The first kappa shape index (κ1) is 16.7. The quantitative estimate of drug-likeness (QED) is 0.346. The Morgan fingerprint density at radius 3 is 2.52 bits per heavy atom. The van der Waals surface area contributed by atoms with Gasteiger partial charge in [-0.05, 0) is 47.6 Å². The van der Waals surface area contributed by atoms with E-state index in [0.717, 1.165) is 23.6 Å². The Morgan fingerprint density at radius 1 is 1.00 bits per heavy atom. The molecular weight excluding hydrogens is 284 g/mol. The predicted octanol–water partition coefficient (Wildman–Crippen LogP) is 4.72. The Hall–Kier alpha value is -2.71. The molecule has 0 atom stereocenters. The highest BCUT2D eigenvalue weighted by atomic mass is 16.5. The first-order valence-electron chi connectivity index (χ1n) is 7.95. The summed E-state index contributed by atoms with van der Waals surface area (Å²) < 4.78 is 5.37. The molecule has 2 aromatic rings. The largest absolute Gasteiger partial charge is 0.427 e. The summed E-state index contributed by atoms with van der Waals surface area (Å²) in [5.74, 6) is 11.9. The van der Waals surface area contributed by atoms with Gasteiger partial charge < -0.3 is 4.74 Å². The molecule has 2 nitrogen and oxygen atoms in total. The van der Waals surface area contributed by atoms with E-state index in [2.05, 4.69) is 30.6 Å². The van der Waals surface area contributed by atoms with Crippen molar-refractivity contribution < 1.29 is 9.53 Å². The van der Waals surface area contributed by atoms with Crippen molar-refractivity contribution in [1.82, 2.24) is 0 Å². The van der Waals surface area contributed by atoms with Crippen LogP contribution in [0.15, 0.2) is 42.5 Å². The number of fused-ring (bicyclic) bond motifs is 1. The van der Waals surface area contributed by atoms with Gasteiger partial charge in [-0.2, -0.15) is 0 Å². The number of hydrogen-bond acceptors (Lipinski definition) is 2. The van der Waals surface area contributed by atoms with E-state index in [0.29, 0.717) is 25.0 Å². The number of esters is 1. The fraction of sp³-hybridized carbons (Fsp3) is 0.286. The maximum Gasteiger partial charge on any atom is 0.311 e. The van der Waals surface area contributed by atoms with Crippen molar-refractivity contribution in [2.75, 3.05) is 0 Å². The van der Waals surface area contributed by atoms with Gasteiger partial charge in [-0.3, -0.25) is 4.79 Å². The zero-order valence-electron chi connectivity index (χ0n) is 13.4. The first-order valence-corrected chi connectivity index (χ1v) is 7.95. The molecule has 0 aromatic heterocycles. The summed E-state index contributed by atoms with van der Waals surface area (Å²) in [6.45, 7) is 2.09. The van der Waals surface area contributed by atoms with Gasteiger partial charge in [-0.15, -0.1) is 0 Å². The van der Waals surface area contributed by atoms with Crippen molar-refractivity contribution in [2.45, 2.75) is 39.0 Å². The van der Waals surface area contributed by atoms with Crippen LogP contribution in [0, 0.1) is 23.7 Å². The molecule has 0 aliphatic carbocycles. The van der Waals surface area contributed by atoms with E-state index in [1.54, 1.807) is 0 Å². The van der Waals surface area contributed by atoms with E-state index in [4.69, 9.17) is 4.74 Å². The molecule has 0 radical (unpaired) electrons. The summed E-state index contributed by atoms with van der Waals surface area (Å²) in [4.78, 5) is 11.8. The van der Waals surface area contributed by atoms with Crippen molar-refractivity contribution in [3.8, 4) is 29.4 Å². The van der Waals surface area contributed by atoms with Crippen LogP contribution in [0.25, 0.3) is 10.8 Å². The molecule has 23 heavy (non-hydrogen) atoms. The third-order valence-corrected chi connectivity index (χ3v) is 3.25. The average molecular weight is 304 g/mol. The zero-order valence-corrected chi connectivity index (χ0v) is 13.4. The highest BCUT2D eigenvalue weighted by molar-refractivity contribution is 5.84. The van der Waals surface area contributed by atoms with Crippen LogP contribution in [0.1, 0.15) is 39.0 Å². The standard InChI is InChI=1S/C21H20O2/c1-2-3-4-5-6-7-8-9-14-21(22)23-20-16-15-18-12-10-11-13-19(18)17-20/h10-13,15-17H,2-3,8-9,14H2,1H3. The van der Waals surface area contributed by atoms with E-state index in [9.17, 15) is 4.79 Å². The summed E-state index contributed by atoms with van der Waals surface area (Å²) in [5.41, 5.74) is 0. The molecule has 0 spiro atoms. The molecule has 0 bridgehead atoms. The van der Waals surface area contributed by atoms with Crippen molar-refractivity contribution >= 4 is 16.7 Å². The lowest BCUT2D eigenvalue weighted by Gasteiger charge is -2.05. The molecule has 2 heteroatoms. The minimum atomic E-state index is -0.223. The number of unbranched alkanes of at least 4 members (excludes halogenated alkanes) is 2. The lowest BCUT2D eigenvalue weighted by molar-refractivity contribution is -0.134. The first-order chi connectivity index (χ1) is 11.3. The Bertz CT molecular complexity index is 782. The molecule has 0 amide bonds. The van der Waals surface area contributed by atoms with E-state index >= 15 is 0 Å². The van der Waals surface area contributed by atoms with Crippen LogP contribution in [-0.2, 0) is 4.79 Å². The highest BCUT2D eigenvalue weighted by Gasteiger charge is 2.04. The fourth-order valence-corrected chi connectivity index (χ4v) is 2.07. The van der Waals surface area contributed by atoms with Crippen LogP contribution >= 0.6 is 0 Å². The summed E-state index contributed by atoms with van der Waals surface area (Å²) in [6.07, 6.45) is 3.65. The van der Waals surface area contributed by atoms with Crippen molar-refractivity contribution in [3.05, 3.63) is 42.5 Å². The third-order valence-electron chi connectivity index (χ3n) is 3.25. The van der Waals surface area contributed by atoms with Crippen LogP contribution in [0.4, 0.5) is 0 Å². The Balaban J connectivity index is 1.77. The van der Waals surface area contributed by atoms with Crippen LogP contribution in [0.5, 0.6) is 5.75 Å². The Kier molecular flexibility index (Phi) is 6.76. The lowest BCUT2D eigenvalue weighted by Crippen LogP contribution is -2.07. The van der Waals surface area contributed by atoms with Crippen molar-refractivity contribution in [2.24, 2.45) is 0 Å². The Morgan fingerprint density at radius 2 is 1.74 bits per heavy atom. The van der Waals surface area contributed by atoms with Crippen molar-refractivity contribution in [3.63, 3.8) is 0 Å². The second kappa shape index (κ2) is 9.34. The van der Waals surface area contributed by atoms with E-state index in [1.807, 2.05) is 42.5 Å². The van der Waals surface area contributed by atoms with E-state index in [-0.39, 0.29) is 5.97 Å². The molecule has 0 heterocycles. The summed E-state index contributed by atoms with van der Waals surface area (Å²) >= 11 is 0. The molecule has 2 rings (SSSR count). The number of hydrogen-bond donors (Lipinski definition) is 0. The Labute approximate surface area is 137 Å². The van der Waals surface area contributed by atoms with Crippen molar-refractivity contribution in [1.29, 1.82) is 0 Å². The molecule has 0 aliphatic rings. The van der Waals surface area contributed by atoms with Crippen LogP contribution in [-0.4, -0.2) is 5.97 Å². The van der Waals surface area contributed by atoms with Gasteiger partial charge in [0.2, 0.25) is 0 Å². The summed E-state index contributed by atoms with van der Waals surface area (Å²) in [5, 5.41) is 2.20. The molecule has 0 N–H and O–H groups in total. The van der Waals surface area contributed by atoms with E-state index < -0.39 is 0 Å². The topological polar surface area (TPSA) is 26.3 Å². The zero-order chi connectivity index (χ0) is 16.3. The number of benzene rings is 2. The van der Waals surface area contributed by atoms with Gasteiger partial charge in [0, 0.05) is 19.3 Å². The van der Waals surface area contributed by atoms with Gasteiger partial charge in [-0.25, -0.2) is 0 Å². The SMILES string of the molecule is CCCC#CC#CCCCC(=O)Oc1ccc2ccccc2c1. The predicted molar refractivity (Wildman–Crippen MR) is 93.9 cm³/mol. The molecule has 0 saturated carbocycles. The monoisotopic (exact) mass is 304 g/mol. The average Bonchev–Trinajstić information content (AvgIpc) is 2.57. The molecule has 116 valence electrons. The lowest BCUT2D eigenvalue weighted by atomic mass is 10.1. The van der Waals surface area contributed by atoms with Gasteiger partial charge in [0.25, 0.3) is 0 Å². The smallest absolute Gasteiger partial charge is 0.311 e. The van der Waals surface area contributed by atoms with Gasteiger partial charge in [0.15, 0.2) is 0 Å².